The first kappa shape index (κ1) is 17.5. The van der Waals surface area contributed by atoms with Crippen LogP contribution in [0.15, 0.2) is 47.3 Å². The lowest BCUT2D eigenvalue weighted by Crippen LogP contribution is -2.38. The number of nitrogens with zero attached hydrogens (tertiary/aromatic N) is 2. The maximum Gasteiger partial charge on any atom is 0.275 e. The van der Waals surface area contributed by atoms with Crippen molar-refractivity contribution in [3.63, 3.8) is 0 Å². The fourth-order valence-corrected chi connectivity index (χ4v) is 3.32. The monoisotopic (exact) mass is 361 g/mol. The van der Waals surface area contributed by atoms with Gasteiger partial charge in [0.15, 0.2) is 0 Å². The van der Waals surface area contributed by atoms with E-state index < -0.39 is 6.04 Å². The van der Waals surface area contributed by atoms with Gasteiger partial charge in [-0.25, -0.2) is 4.68 Å². The largest absolute Gasteiger partial charge is 0.352 e. The number of fused-ring (bicyclic) bond motifs is 1. The Kier molecular flexibility index (Phi) is 4.30. The van der Waals surface area contributed by atoms with Gasteiger partial charge in [0.1, 0.15) is 6.04 Å². The summed E-state index contributed by atoms with van der Waals surface area (Å²) in [6, 6.07) is 13.2. The lowest BCUT2D eigenvalue weighted by atomic mass is 9.99. The highest BCUT2D eigenvalue weighted by Gasteiger charge is 2.28. The maximum atomic E-state index is 13.0. The Morgan fingerprint density at radius 2 is 1.85 bits per heavy atom. The number of hydrogen-bond donors (Lipinski definition) is 1. The van der Waals surface area contributed by atoms with Crippen LogP contribution in [0.5, 0.6) is 0 Å². The molecule has 1 fully saturated rings. The molecule has 0 bridgehead atoms. The van der Waals surface area contributed by atoms with Crippen molar-refractivity contribution in [3.05, 3.63) is 63.9 Å². The van der Waals surface area contributed by atoms with Crippen LogP contribution in [0.1, 0.15) is 36.9 Å². The SMILES string of the molecule is Cc1ccc(C)c(-c2nn(C(C)C(=O)NC3CC3)c(=O)c3ccccc23)c1. The predicted molar refractivity (Wildman–Crippen MR) is 107 cm³/mol. The molecule has 0 radical (unpaired) electrons. The number of rotatable bonds is 4. The number of benzene rings is 2. The van der Waals surface area contributed by atoms with Crippen LogP contribution in [0.4, 0.5) is 0 Å². The molecule has 1 amide bonds. The number of carbonyl (C=O) groups is 1. The summed E-state index contributed by atoms with van der Waals surface area (Å²) in [6.45, 7) is 5.80. The highest BCUT2D eigenvalue weighted by Crippen LogP contribution is 2.29. The van der Waals surface area contributed by atoms with E-state index in [9.17, 15) is 9.59 Å². The quantitative estimate of drug-likeness (QED) is 0.773. The third-order valence-corrected chi connectivity index (χ3v) is 5.15. The third-order valence-electron chi connectivity index (χ3n) is 5.15. The van der Waals surface area contributed by atoms with E-state index in [4.69, 9.17) is 0 Å². The lowest BCUT2D eigenvalue weighted by molar-refractivity contribution is -0.124. The predicted octanol–water partition coefficient (Wildman–Crippen LogP) is 3.52. The Morgan fingerprint density at radius 3 is 2.56 bits per heavy atom. The first-order chi connectivity index (χ1) is 13.0. The van der Waals surface area contributed by atoms with E-state index >= 15 is 0 Å². The summed E-state index contributed by atoms with van der Waals surface area (Å²) in [5, 5.41) is 9.02. The Morgan fingerprint density at radius 1 is 1.15 bits per heavy atom. The molecule has 1 saturated carbocycles. The zero-order valence-corrected chi connectivity index (χ0v) is 15.8. The van der Waals surface area contributed by atoms with Crippen LogP contribution in [0.3, 0.4) is 0 Å². The van der Waals surface area contributed by atoms with Gasteiger partial charge >= 0.3 is 0 Å². The third kappa shape index (κ3) is 3.25. The van der Waals surface area contributed by atoms with Gasteiger partial charge in [0.05, 0.1) is 11.1 Å². The second-order valence-electron chi connectivity index (χ2n) is 7.42. The molecule has 4 rings (SSSR count). The van der Waals surface area contributed by atoms with Crippen LogP contribution < -0.4 is 10.9 Å². The van der Waals surface area contributed by atoms with E-state index in [2.05, 4.69) is 28.6 Å². The minimum absolute atomic E-state index is 0.158. The molecule has 1 heterocycles. The van der Waals surface area contributed by atoms with Crippen molar-refractivity contribution in [1.29, 1.82) is 0 Å². The van der Waals surface area contributed by atoms with Gasteiger partial charge in [-0.05, 0) is 51.3 Å². The fourth-order valence-electron chi connectivity index (χ4n) is 3.32. The highest BCUT2D eigenvalue weighted by molar-refractivity contribution is 5.94. The molecule has 3 aromatic rings. The van der Waals surface area contributed by atoms with Crippen molar-refractivity contribution in [2.24, 2.45) is 0 Å². The average molecular weight is 361 g/mol. The molecule has 5 heteroatoms. The van der Waals surface area contributed by atoms with Crippen molar-refractivity contribution in [2.45, 2.75) is 45.7 Å². The molecule has 1 N–H and O–H groups in total. The van der Waals surface area contributed by atoms with Crippen molar-refractivity contribution in [3.8, 4) is 11.3 Å². The van der Waals surface area contributed by atoms with E-state index in [0.717, 1.165) is 40.6 Å². The Bertz CT molecular complexity index is 1100. The molecule has 2 aromatic carbocycles. The number of aryl methyl sites for hydroxylation is 2. The summed E-state index contributed by atoms with van der Waals surface area (Å²) < 4.78 is 1.33. The first-order valence-corrected chi connectivity index (χ1v) is 9.35. The van der Waals surface area contributed by atoms with Crippen LogP contribution in [0.2, 0.25) is 0 Å². The van der Waals surface area contributed by atoms with Crippen LogP contribution in [0, 0.1) is 13.8 Å². The summed E-state index contributed by atoms with van der Waals surface area (Å²) in [5.74, 6) is -0.158. The van der Waals surface area contributed by atoms with E-state index in [1.807, 2.05) is 32.0 Å². The number of hydrogen-bond acceptors (Lipinski definition) is 3. The smallest absolute Gasteiger partial charge is 0.275 e. The molecule has 0 aliphatic heterocycles. The molecule has 1 aliphatic carbocycles. The Labute approximate surface area is 158 Å². The number of nitrogens with one attached hydrogen (secondary N) is 1. The topological polar surface area (TPSA) is 64.0 Å². The van der Waals surface area contributed by atoms with Crippen molar-refractivity contribution in [2.75, 3.05) is 0 Å². The summed E-state index contributed by atoms with van der Waals surface area (Å²) >= 11 is 0. The van der Waals surface area contributed by atoms with Gasteiger partial charge in [-0.2, -0.15) is 5.10 Å². The number of carbonyl (C=O) groups excluding carboxylic acids is 1. The summed E-state index contributed by atoms with van der Waals surface area (Å²) in [5.41, 5.74) is 3.68. The van der Waals surface area contributed by atoms with Gasteiger partial charge < -0.3 is 5.32 Å². The first-order valence-electron chi connectivity index (χ1n) is 9.35. The second kappa shape index (κ2) is 6.65. The Hall–Kier alpha value is -2.95. The van der Waals surface area contributed by atoms with Crippen LogP contribution in [0.25, 0.3) is 22.0 Å². The molecule has 27 heavy (non-hydrogen) atoms. The number of aromatic nitrogens is 2. The van der Waals surface area contributed by atoms with Crippen molar-refractivity contribution < 1.29 is 4.79 Å². The normalized spacial score (nSPS) is 14.9. The molecule has 1 aliphatic rings. The van der Waals surface area contributed by atoms with E-state index in [1.165, 1.54) is 4.68 Å². The molecule has 138 valence electrons. The van der Waals surface area contributed by atoms with Crippen LogP contribution >= 0.6 is 0 Å². The average Bonchev–Trinajstić information content (AvgIpc) is 3.48. The summed E-state index contributed by atoms with van der Waals surface area (Å²) in [7, 11) is 0. The standard InChI is InChI=1S/C22H23N3O2/c1-13-8-9-14(2)19(12-13)20-17-6-4-5-7-18(17)22(27)25(24-20)15(3)21(26)23-16-10-11-16/h4-9,12,15-16H,10-11H2,1-3H3,(H,23,26). The molecule has 0 spiro atoms. The molecule has 1 unspecified atom stereocenters. The van der Waals surface area contributed by atoms with Gasteiger partial charge in [0.25, 0.3) is 5.56 Å². The fraction of sp³-hybridized carbons (Fsp3) is 0.318. The van der Waals surface area contributed by atoms with E-state index in [-0.39, 0.29) is 17.5 Å². The molecule has 5 nitrogen and oxygen atoms in total. The van der Waals surface area contributed by atoms with E-state index in [1.54, 1.807) is 13.0 Å². The van der Waals surface area contributed by atoms with Gasteiger partial charge in [-0.3, -0.25) is 9.59 Å². The van der Waals surface area contributed by atoms with Gasteiger partial charge in [-0.15, -0.1) is 0 Å². The maximum absolute atomic E-state index is 13.0. The molecule has 1 atom stereocenters. The minimum Gasteiger partial charge on any atom is -0.352 e. The zero-order chi connectivity index (χ0) is 19.1. The summed E-state index contributed by atoms with van der Waals surface area (Å²) in [6.07, 6.45) is 2.01. The lowest BCUT2D eigenvalue weighted by Gasteiger charge is -2.17. The van der Waals surface area contributed by atoms with Gasteiger partial charge in [0.2, 0.25) is 5.91 Å². The molecule has 0 saturated heterocycles. The van der Waals surface area contributed by atoms with Gasteiger partial charge in [-0.1, -0.05) is 35.9 Å². The van der Waals surface area contributed by atoms with Crippen molar-refractivity contribution >= 4 is 16.7 Å². The van der Waals surface area contributed by atoms with Crippen LogP contribution in [-0.2, 0) is 4.79 Å². The van der Waals surface area contributed by atoms with E-state index in [0.29, 0.717) is 5.39 Å². The van der Waals surface area contributed by atoms with Crippen molar-refractivity contribution in [1.82, 2.24) is 15.1 Å². The molecular weight excluding hydrogens is 338 g/mol. The second-order valence-corrected chi connectivity index (χ2v) is 7.42. The number of amides is 1. The Balaban J connectivity index is 1.93. The molecule has 1 aromatic heterocycles. The van der Waals surface area contributed by atoms with Crippen LogP contribution in [-0.4, -0.2) is 21.7 Å². The summed E-state index contributed by atoms with van der Waals surface area (Å²) in [4.78, 5) is 25.6. The zero-order valence-electron chi connectivity index (χ0n) is 15.8. The minimum atomic E-state index is -0.661. The molecular formula is C22H23N3O2. The highest BCUT2D eigenvalue weighted by atomic mass is 16.2. The van der Waals surface area contributed by atoms with Gasteiger partial charge in [0, 0.05) is 17.0 Å².